The molecule has 98 valence electrons. The van der Waals surface area contributed by atoms with Crippen LogP contribution in [0.3, 0.4) is 0 Å². The number of carbonyl (C=O) groups excluding carboxylic acids is 2. The molecule has 0 aliphatic heterocycles. The molecule has 0 heterocycles. The van der Waals surface area contributed by atoms with Gasteiger partial charge >= 0.3 is 5.97 Å². The number of ether oxygens (including phenoxy) is 1. The van der Waals surface area contributed by atoms with Crippen LogP contribution in [0, 0.1) is 17.8 Å². The van der Waals surface area contributed by atoms with Crippen molar-refractivity contribution < 1.29 is 14.3 Å². The summed E-state index contributed by atoms with van der Waals surface area (Å²) in [7, 11) is 0. The zero-order valence-corrected chi connectivity index (χ0v) is 10.6. The summed E-state index contributed by atoms with van der Waals surface area (Å²) >= 11 is 0. The largest absolute Gasteiger partial charge is 0.461 e. The first-order chi connectivity index (χ1) is 9.24. The molecular weight excluding hydrogens is 240 g/mol. The molecule has 3 nitrogen and oxygen atoms in total. The first kappa shape index (κ1) is 12.2. The summed E-state index contributed by atoms with van der Waals surface area (Å²) in [5.74, 6) is 0.223. The van der Waals surface area contributed by atoms with Gasteiger partial charge in [-0.1, -0.05) is 42.5 Å². The minimum absolute atomic E-state index is 0.0470. The Morgan fingerprint density at radius 2 is 2.00 bits per heavy atom. The van der Waals surface area contributed by atoms with Gasteiger partial charge in [-0.2, -0.15) is 0 Å². The third kappa shape index (κ3) is 2.46. The molecule has 2 bridgehead atoms. The highest BCUT2D eigenvalue weighted by atomic mass is 16.5. The standard InChI is InChI=1S/C16H16O3/c17-15(19-10-11-4-2-1-3-5-11)9-13-8-12-6-7-14(13)16(12)18/h1-7,12-14H,8-10H2. The summed E-state index contributed by atoms with van der Waals surface area (Å²) in [6.07, 6.45) is 5.08. The fraction of sp³-hybridized carbons (Fsp3) is 0.375. The Morgan fingerprint density at radius 3 is 2.63 bits per heavy atom. The molecule has 1 aromatic carbocycles. The number of esters is 1. The Bertz CT molecular complexity index is 518. The zero-order chi connectivity index (χ0) is 13.2. The van der Waals surface area contributed by atoms with E-state index < -0.39 is 0 Å². The van der Waals surface area contributed by atoms with Crippen LogP contribution in [0.25, 0.3) is 0 Å². The van der Waals surface area contributed by atoms with Crippen LogP contribution in [0.2, 0.25) is 0 Å². The number of hydrogen-bond donors (Lipinski definition) is 0. The van der Waals surface area contributed by atoms with Crippen molar-refractivity contribution in [3.63, 3.8) is 0 Å². The molecule has 1 aromatic rings. The molecule has 1 fully saturated rings. The van der Waals surface area contributed by atoms with Gasteiger partial charge in [0.25, 0.3) is 0 Å². The molecule has 3 unspecified atom stereocenters. The molecule has 0 aromatic heterocycles. The van der Waals surface area contributed by atoms with E-state index >= 15 is 0 Å². The van der Waals surface area contributed by atoms with Crippen molar-refractivity contribution in [1.82, 2.24) is 0 Å². The van der Waals surface area contributed by atoms with Gasteiger partial charge in [0.2, 0.25) is 0 Å². The van der Waals surface area contributed by atoms with Gasteiger partial charge in [0.1, 0.15) is 12.4 Å². The summed E-state index contributed by atoms with van der Waals surface area (Å²) < 4.78 is 5.26. The molecule has 0 amide bonds. The van der Waals surface area contributed by atoms with E-state index in [9.17, 15) is 9.59 Å². The quantitative estimate of drug-likeness (QED) is 0.614. The Hall–Kier alpha value is -1.90. The number of Topliss-reactive ketones (excluding diaryl/α,β-unsaturated/α-hetero) is 1. The van der Waals surface area contributed by atoms with Crippen molar-refractivity contribution in [2.75, 3.05) is 0 Å². The Kier molecular flexibility index (Phi) is 3.20. The maximum absolute atomic E-state index is 11.8. The number of rotatable bonds is 4. The molecule has 2 aliphatic carbocycles. The van der Waals surface area contributed by atoms with Crippen molar-refractivity contribution in [3.8, 4) is 0 Å². The van der Waals surface area contributed by atoms with Crippen LogP contribution >= 0.6 is 0 Å². The van der Waals surface area contributed by atoms with Crippen molar-refractivity contribution in [1.29, 1.82) is 0 Å². The van der Waals surface area contributed by atoms with E-state index in [2.05, 4.69) is 0 Å². The molecule has 1 saturated carbocycles. The number of fused-ring (bicyclic) bond motifs is 2. The highest BCUT2D eigenvalue weighted by Gasteiger charge is 2.44. The predicted octanol–water partition coefficient (Wildman–Crippen LogP) is 2.51. The molecule has 0 saturated heterocycles. The third-order valence-corrected chi connectivity index (χ3v) is 3.98. The third-order valence-electron chi connectivity index (χ3n) is 3.98. The van der Waals surface area contributed by atoms with E-state index in [1.54, 1.807) is 0 Å². The first-order valence-corrected chi connectivity index (χ1v) is 6.65. The molecule has 0 radical (unpaired) electrons. The van der Waals surface area contributed by atoms with E-state index in [4.69, 9.17) is 4.74 Å². The molecular formula is C16H16O3. The second-order valence-electron chi connectivity index (χ2n) is 5.27. The minimum Gasteiger partial charge on any atom is -0.461 e. The summed E-state index contributed by atoms with van der Waals surface area (Å²) in [6.45, 7) is 0.310. The molecule has 0 spiro atoms. The summed E-state index contributed by atoms with van der Waals surface area (Å²) in [5.41, 5.74) is 0.986. The first-order valence-electron chi connectivity index (χ1n) is 6.65. The second kappa shape index (κ2) is 5.00. The van der Waals surface area contributed by atoms with Crippen LogP contribution in [0.15, 0.2) is 42.5 Å². The van der Waals surface area contributed by atoms with Gasteiger partial charge < -0.3 is 4.74 Å². The Balaban J connectivity index is 1.50. The van der Waals surface area contributed by atoms with Gasteiger partial charge in [-0.15, -0.1) is 0 Å². The average molecular weight is 256 g/mol. The van der Waals surface area contributed by atoms with Gasteiger partial charge in [-0.05, 0) is 17.9 Å². The number of allylic oxidation sites excluding steroid dienone is 2. The summed E-state index contributed by atoms with van der Waals surface area (Å²) in [6, 6.07) is 9.62. The Labute approximate surface area is 112 Å². The minimum atomic E-state index is -0.206. The summed E-state index contributed by atoms with van der Waals surface area (Å²) in [4.78, 5) is 23.5. The van der Waals surface area contributed by atoms with Gasteiger partial charge in [0.05, 0.1) is 0 Å². The van der Waals surface area contributed by atoms with E-state index in [0.29, 0.717) is 13.0 Å². The predicted molar refractivity (Wildman–Crippen MR) is 70.1 cm³/mol. The van der Waals surface area contributed by atoms with E-state index in [1.807, 2.05) is 42.5 Å². The monoisotopic (exact) mass is 256 g/mol. The van der Waals surface area contributed by atoms with E-state index in [1.165, 1.54) is 0 Å². The average Bonchev–Trinajstić information content (AvgIpc) is 2.93. The number of carbonyl (C=O) groups is 2. The van der Waals surface area contributed by atoms with Crippen molar-refractivity contribution in [2.45, 2.75) is 19.4 Å². The second-order valence-corrected chi connectivity index (χ2v) is 5.27. The Morgan fingerprint density at radius 1 is 1.21 bits per heavy atom. The molecule has 3 atom stereocenters. The van der Waals surface area contributed by atoms with Crippen molar-refractivity contribution in [3.05, 3.63) is 48.0 Å². The highest BCUT2D eigenvalue weighted by Crippen LogP contribution is 2.42. The lowest BCUT2D eigenvalue weighted by molar-refractivity contribution is -0.146. The van der Waals surface area contributed by atoms with Gasteiger partial charge in [0.15, 0.2) is 0 Å². The van der Waals surface area contributed by atoms with Crippen molar-refractivity contribution >= 4 is 11.8 Å². The lowest BCUT2D eigenvalue weighted by Crippen LogP contribution is -2.16. The van der Waals surface area contributed by atoms with Crippen molar-refractivity contribution in [2.24, 2.45) is 17.8 Å². The maximum Gasteiger partial charge on any atom is 0.306 e. The number of ketones is 1. The van der Waals surface area contributed by atoms with Gasteiger partial charge in [-0.3, -0.25) is 9.59 Å². The fourth-order valence-electron chi connectivity index (χ4n) is 2.97. The SMILES string of the molecule is O=C(CC1CC2C=CC1C2=O)OCc1ccccc1. The molecule has 3 heteroatoms. The topological polar surface area (TPSA) is 43.4 Å². The molecule has 0 N–H and O–H groups in total. The normalized spacial score (nSPS) is 27.8. The number of hydrogen-bond acceptors (Lipinski definition) is 3. The zero-order valence-electron chi connectivity index (χ0n) is 10.6. The molecule has 3 rings (SSSR count). The van der Waals surface area contributed by atoms with Crippen LogP contribution in [0.4, 0.5) is 0 Å². The maximum atomic E-state index is 11.8. The molecule has 19 heavy (non-hydrogen) atoms. The number of benzene rings is 1. The van der Waals surface area contributed by atoms with Gasteiger partial charge in [-0.25, -0.2) is 0 Å². The summed E-state index contributed by atoms with van der Waals surface area (Å²) in [5, 5.41) is 0. The van der Waals surface area contributed by atoms with Crippen LogP contribution in [0.1, 0.15) is 18.4 Å². The molecule has 2 aliphatic rings. The van der Waals surface area contributed by atoms with Crippen LogP contribution < -0.4 is 0 Å². The van der Waals surface area contributed by atoms with Gasteiger partial charge in [0, 0.05) is 18.3 Å². The van der Waals surface area contributed by atoms with E-state index in [0.717, 1.165) is 12.0 Å². The lowest BCUT2D eigenvalue weighted by atomic mass is 9.91. The van der Waals surface area contributed by atoms with Crippen LogP contribution in [-0.2, 0) is 20.9 Å². The smallest absolute Gasteiger partial charge is 0.306 e. The highest BCUT2D eigenvalue weighted by molar-refractivity contribution is 5.92. The van der Waals surface area contributed by atoms with E-state index in [-0.39, 0.29) is 29.5 Å². The fourth-order valence-corrected chi connectivity index (χ4v) is 2.97. The van der Waals surface area contributed by atoms with Crippen LogP contribution in [0.5, 0.6) is 0 Å². The van der Waals surface area contributed by atoms with Crippen LogP contribution in [-0.4, -0.2) is 11.8 Å². The lowest BCUT2D eigenvalue weighted by Gasteiger charge is -2.15.